The molecule has 0 saturated carbocycles. The van der Waals surface area contributed by atoms with Crippen molar-refractivity contribution in [2.45, 2.75) is 46.1 Å². The second-order valence-electron chi connectivity index (χ2n) is 6.37. The molecule has 1 aliphatic rings. The maximum absolute atomic E-state index is 12.5. The van der Waals surface area contributed by atoms with Crippen LogP contribution >= 0.6 is 0 Å². The van der Waals surface area contributed by atoms with Crippen LogP contribution in [0.5, 0.6) is 5.75 Å². The lowest BCUT2D eigenvalue weighted by molar-refractivity contribution is -0.137. The first-order chi connectivity index (χ1) is 10.9. The number of aryl methyl sites for hydroxylation is 2. The molecule has 1 aromatic carbocycles. The largest absolute Gasteiger partial charge is 0.477 e. The molecule has 1 aliphatic heterocycles. The summed E-state index contributed by atoms with van der Waals surface area (Å²) in [5, 5.41) is 11.5. The molecule has 1 amide bonds. The molecule has 0 spiro atoms. The minimum Gasteiger partial charge on any atom is -0.477 e. The quantitative estimate of drug-likeness (QED) is 0.784. The molecular weight excluding hydrogens is 294 g/mol. The highest BCUT2D eigenvalue weighted by atomic mass is 16.5. The SMILES string of the molecule is Cc1cc(C)c2c(c1C)OC(C)(C(=O)NCCOCCO)CC2. The smallest absolute Gasteiger partial charge is 0.263 e. The molecule has 5 nitrogen and oxygen atoms in total. The number of hydrogen-bond donors (Lipinski definition) is 2. The fourth-order valence-corrected chi connectivity index (χ4v) is 2.94. The first-order valence-electron chi connectivity index (χ1n) is 8.14. The second kappa shape index (κ2) is 7.32. The zero-order chi connectivity index (χ0) is 17.0. The van der Waals surface area contributed by atoms with E-state index in [2.05, 4.69) is 25.2 Å². The summed E-state index contributed by atoms with van der Waals surface area (Å²) in [6, 6.07) is 2.18. The Labute approximate surface area is 138 Å². The standard InChI is InChI=1S/C18H27NO4/c1-12-11-13(2)15-5-6-18(4,23-16(15)14(12)3)17(21)19-7-9-22-10-8-20/h11,20H,5-10H2,1-4H3,(H,19,21). The average molecular weight is 321 g/mol. The van der Waals surface area contributed by atoms with Crippen molar-refractivity contribution in [3.63, 3.8) is 0 Å². The predicted molar refractivity (Wildman–Crippen MR) is 88.9 cm³/mol. The molecule has 0 aliphatic carbocycles. The first kappa shape index (κ1) is 17.8. The Morgan fingerprint density at radius 3 is 2.78 bits per heavy atom. The Morgan fingerprint density at radius 2 is 2.09 bits per heavy atom. The number of carbonyl (C=O) groups excluding carboxylic acids is 1. The number of fused-ring (bicyclic) bond motifs is 1. The van der Waals surface area contributed by atoms with Crippen molar-refractivity contribution in [2.24, 2.45) is 0 Å². The van der Waals surface area contributed by atoms with Gasteiger partial charge in [0.1, 0.15) is 5.75 Å². The van der Waals surface area contributed by atoms with E-state index in [-0.39, 0.29) is 19.1 Å². The molecule has 5 heteroatoms. The zero-order valence-electron chi connectivity index (χ0n) is 14.5. The third kappa shape index (κ3) is 3.85. The molecule has 1 aromatic rings. The van der Waals surface area contributed by atoms with Crippen LogP contribution in [0.25, 0.3) is 0 Å². The van der Waals surface area contributed by atoms with Gasteiger partial charge in [-0.3, -0.25) is 4.79 Å². The summed E-state index contributed by atoms with van der Waals surface area (Å²) in [7, 11) is 0. The highest BCUT2D eigenvalue weighted by Gasteiger charge is 2.39. The van der Waals surface area contributed by atoms with E-state index in [1.807, 2.05) is 13.8 Å². The van der Waals surface area contributed by atoms with Crippen molar-refractivity contribution >= 4 is 5.91 Å². The topological polar surface area (TPSA) is 67.8 Å². The zero-order valence-corrected chi connectivity index (χ0v) is 14.5. The van der Waals surface area contributed by atoms with E-state index in [4.69, 9.17) is 14.6 Å². The lowest BCUT2D eigenvalue weighted by Crippen LogP contribution is -2.51. The fourth-order valence-electron chi connectivity index (χ4n) is 2.94. The molecule has 23 heavy (non-hydrogen) atoms. The van der Waals surface area contributed by atoms with Gasteiger partial charge in [-0.15, -0.1) is 0 Å². The van der Waals surface area contributed by atoms with Crippen molar-refractivity contribution in [3.8, 4) is 5.75 Å². The Bertz CT molecular complexity index is 585. The van der Waals surface area contributed by atoms with Gasteiger partial charge in [0.15, 0.2) is 5.60 Å². The second-order valence-corrected chi connectivity index (χ2v) is 6.37. The van der Waals surface area contributed by atoms with Crippen LogP contribution in [0.4, 0.5) is 0 Å². The van der Waals surface area contributed by atoms with E-state index in [1.54, 1.807) is 0 Å². The van der Waals surface area contributed by atoms with E-state index in [0.717, 1.165) is 17.7 Å². The molecular formula is C18H27NO4. The maximum atomic E-state index is 12.5. The summed E-state index contributed by atoms with van der Waals surface area (Å²) >= 11 is 0. The summed E-state index contributed by atoms with van der Waals surface area (Å²) < 4.78 is 11.3. The predicted octanol–water partition coefficient (Wildman–Crippen LogP) is 1.82. The van der Waals surface area contributed by atoms with Gasteiger partial charge in [0, 0.05) is 13.0 Å². The number of aliphatic hydroxyl groups excluding tert-OH is 1. The minimum absolute atomic E-state index is 0.0104. The van der Waals surface area contributed by atoms with Gasteiger partial charge in [0.2, 0.25) is 0 Å². The van der Waals surface area contributed by atoms with Crippen molar-refractivity contribution in [3.05, 3.63) is 28.3 Å². The van der Waals surface area contributed by atoms with Crippen LogP contribution in [0.15, 0.2) is 6.07 Å². The highest BCUT2D eigenvalue weighted by Crippen LogP contribution is 2.39. The summed E-state index contributed by atoms with van der Waals surface area (Å²) in [6.07, 6.45) is 1.50. The van der Waals surface area contributed by atoms with E-state index in [9.17, 15) is 4.79 Å². The third-order valence-electron chi connectivity index (χ3n) is 4.54. The van der Waals surface area contributed by atoms with E-state index in [1.165, 1.54) is 16.7 Å². The number of aliphatic hydroxyl groups is 1. The van der Waals surface area contributed by atoms with Crippen molar-refractivity contribution in [1.82, 2.24) is 5.32 Å². The van der Waals surface area contributed by atoms with E-state index < -0.39 is 5.60 Å². The van der Waals surface area contributed by atoms with E-state index >= 15 is 0 Å². The van der Waals surface area contributed by atoms with Crippen LogP contribution in [-0.4, -0.2) is 43.0 Å². The molecule has 0 fully saturated rings. The Morgan fingerprint density at radius 1 is 1.35 bits per heavy atom. The molecule has 2 rings (SSSR count). The first-order valence-corrected chi connectivity index (χ1v) is 8.14. The molecule has 1 unspecified atom stereocenters. The van der Waals surface area contributed by atoms with Crippen molar-refractivity contribution in [1.29, 1.82) is 0 Å². The van der Waals surface area contributed by atoms with Crippen molar-refractivity contribution in [2.75, 3.05) is 26.4 Å². The summed E-state index contributed by atoms with van der Waals surface area (Å²) in [4.78, 5) is 12.5. The summed E-state index contributed by atoms with van der Waals surface area (Å²) in [5.74, 6) is 0.747. The van der Waals surface area contributed by atoms with Crippen LogP contribution < -0.4 is 10.1 Å². The number of benzene rings is 1. The lowest BCUT2D eigenvalue weighted by atomic mass is 9.87. The monoisotopic (exact) mass is 321 g/mol. The average Bonchev–Trinajstić information content (AvgIpc) is 2.52. The molecule has 1 heterocycles. The fraction of sp³-hybridized carbons (Fsp3) is 0.611. The van der Waals surface area contributed by atoms with Crippen LogP contribution in [0.2, 0.25) is 0 Å². The molecule has 128 valence electrons. The van der Waals surface area contributed by atoms with Gasteiger partial charge in [-0.05, 0) is 56.4 Å². The van der Waals surface area contributed by atoms with Crippen molar-refractivity contribution < 1.29 is 19.4 Å². The minimum atomic E-state index is -0.852. The molecule has 2 N–H and O–H groups in total. The van der Waals surface area contributed by atoms with Gasteiger partial charge >= 0.3 is 0 Å². The Hall–Kier alpha value is -1.59. The van der Waals surface area contributed by atoms with Crippen LogP contribution in [-0.2, 0) is 16.0 Å². The summed E-state index contributed by atoms with van der Waals surface area (Å²) in [5.41, 5.74) is 3.88. The van der Waals surface area contributed by atoms with Gasteiger partial charge in [0.25, 0.3) is 5.91 Å². The van der Waals surface area contributed by atoms with Gasteiger partial charge in [-0.2, -0.15) is 0 Å². The Kier molecular flexibility index (Phi) is 5.65. The number of ether oxygens (including phenoxy) is 2. The van der Waals surface area contributed by atoms with Gasteiger partial charge in [0.05, 0.1) is 19.8 Å². The van der Waals surface area contributed by atoms with Crippen LogP contribution in [0.1, 0.15) is 35.6 Å². The van der Waals surface area contributed by atoms with Crippen LogP contribution in [0.3, 0.4) is 0 Å². The number of rotatable bonds is 6. The number of hydrogen-bond acceptors (Lipinski definition) is 4. The van der Waals surface area contributed by atoms with Crippen LogP contribution in [0, 0.1) is 20.8 Å². The molecule has 0 saturated heterocycles. The van der Waals surface area contributed by atoms with Gasteiger partial charge in [-0.25, -0.2) is 0 Å². The number of nitrogens with one attached hydrogen (secondary N) is 1. The lowest BCUT2D eigenvalue weighted by Gasteiger charge is -2.36. The van der Waals surface area contributed by atoms with Gasteiger partial charge in [-0.1, -0.05) is 6.07 Å². The Balaban J connectivity index is 2.06. The summed E-state index contributed by atoms with van der Waals surface area (Å²) in [6.45, 7) is 9.12. The molecule has 1 atom stereocenters. The van der Waals surface area contributed by atoms with Gasteiger partial charge < -0.3 is 19.9 Å². The normalized spacial score (nSPS) is 19.9. The number of amides is 1. The third-order valence-corrected chi connectivity index (χ3v) is 4.54. The van der Waals surface area contributed by atoms with E-state index in [0.29, 0.717) is 19.6 Å². The molecule has 0 radical (unpaired) electrons. The highest BCUT2D eigenvalue weighted by molar-refractivity contribution is 5.85. The maximum Gasteiger partial charge on any atom is 0.263 e. The molecule has 0 bridgehead atoms. The molecule has 0 aromatic heterocycles. The number of carbonyl (C=O) groups is 1.